The van der Waals surface area contributed by atoms with E-state index in [1.807, 2.05) is 30.3 Å². The molecule has 0 bridgehead atoms. The minimum atomic E-state index is -0.491. The van der Waals surface area contributed by atoms with Crippen LogP contribution < -0.4 is 10.2 Å². The molecule has 1 aliphatic heterocycles. The van der Waals surface area contributed by atoms with Crippen LogP contribution in [-0.2, 0) is 14.3 Å². The van der Waals surface area contributed by atoms with Gasteiger partial charge in [0.2, 0.25) is 5.91 Å². The molecular formula is C23H26N2O4. The first-order valence-electron chi connectivity index (χ1n) is 9.90. The van der Waals surface area contributed by atoms with Gasteiger partial charge in [0.15, 0.2) is 0 Å². The first-order chi connectivity index (χ1) is 13.9. The van der Waals surface area contributed by atoms with Gasteiger partial charge in [-0.25, -0.2) is 0 Å². The van der Waals surface area contributed by atoms with E-state index in [-0.39, 0.29) is 30.3 Å². The van der Waals surface area contributed by atoms with Gasteiger partial charge in [0.25, 0.3) is 5.91 Å². The van der Waals surface area contributed by atoms with Crippen molar-refractivity contribution in [3.63, 3.8) is 0 Å². The third kappa shape index (κ3) is 5.44. The van der Waals surface area contributed by atoms with E-state index in [2.05, 4.69) is 5.32 Å². The maximum Gasteiger partial charge on any atom is 0.308 e. The van der Waals surface area contributed by atoms with Gasteiger partial charge in [0.05, 0.1) is 18.6 Å². The topological polar surface area (TPSA) is 75.7 Å². The third-order valence-corrected chi connectivity index (χ3v) is 4.76. The molecule has 6 heteroatoms. The number of anilines is 1. The van der Waals surface area contributed by atoms with Gasteiger partial charge in [-0.3, -0.25) is 14.4 Å². The number of rotatable bonds is 7. The molecular weight excluding hydrogens is 368 g/mol. The fourth-order valence-electron chi connectivity index (χ4n) is 3.37. The lowest BCUT2D eigenvalue weighted by atomic mass is 10.0. The van der Waals surface area contributed by atoms with Gasteiger partial charge in [-0.1, -0.05) is 30.3 Å². The minimum Gasteiger partial charge on any atom is -0.463 e. The largest absolute Gasteiger partial charge is 0.463 e. The van der Waals surface area contributed by atoms with E-state index in [9.17, 15) is 14.4 Å². The second kappa shape index (κ2) is 9.37. The molecule has 3 rings (SSSR count). The summed E-state index contributed by atoms with van der Waals surface area (Å²) in [7, 11) is 0. The fraction of sp³-hybridized carbons (Fsp3) is 0.348. The molecule has 0 saturated carbocycles. The number of hydrogen-bond acceptors (Lipinski definition) is 4. The zero-order chi connectivity index (χ0) is 20.8. The molecule has 0 aromatic heterocycles. The number of amides is 2. The summed E-state index contributed by atoms with van der Waals surface area (Å²) in [5.74, 6) is -0.539. The molecule has 2 aromatic carbocycles. The summed E-state index contributed by atoms with van der Waals surface area (Å²) in [4.78, 5) is 38.6. The van der Waals surface area contributed by atoms with Crippen molar-refractivity contribution in [3.05, 3.63) is 65.7 Å². The van der Waals surface area contributed by atoms with Crippen molar-refractivity contribution in [1.29, 1.82) is 0 Å². The Kier molecular flexibility index (Phi) is 6.65. The Morgan fingerprint density at radius 2 is 1.76 bits per heavy atom. The van der Waals surface area contributed by atoms with Crippen LogP contribution in [0.25, 0.3) is 0 Å². The summed E-state index contributed by atoms with van der Waals surface area (Å²) >= 11 is 0. The number of nitrogens with one attached hydrogen (secondary N) is 1. The summed E-state index contributed by atoms with van der Waals surface area (Å²) in [5.41, 5.74) is 2.10. The quantitative estimate of drug-likeness (QED) is 0.728. The molecule has 0 spiro atoms. The molecule has 0 aliphatic carbocycles. The monoisotopic (exact) mass is 394 g/mol. The fourth-order valence-corrected chi connectivity index (χ4v) is 3.37. The van der Waals surface area contributed by atoms with Crippen LogP contribution in [0, 0.1) is 0 Å². The predicted octanol–water partition coefficient (Wildman–Crippen LogP) is 3.63. The minimum absolute atomic E-state index is 0.0499. The highest BCUT2D eigenvalue weighted by Crippen LogP contribution is 2.23. The number of ether oxygens (including phenoxy) is 1. The van der Waals surface area contributed by atoms with Gasteiger partial charge in [0.1, 0.15) is 0 Å². The summed E-state index contributed by atoms with van der Waals surface area (Å²) in [6.45, 7) is 4.29. The van der Waals surface area contributed by atoms with Crippen molar-refractivity contribution in [2.75, 3.05) is 11.4 Å². The van der Waals surface area contributed by atoms with Gasteiger partial charge in [0, 0.05) is 24.2 Å². The molecule has 0 radical (unpaired) electrons. The van der Waals surface area contributed by atoms with Crippen LogP contribution in [0.15, 0.2) is 54.6 Å². The molecule has 1 fully saturated rings. The number of hydrogen-bond donors (Lipinski definition) is 1. The van der Waals surface area contributed by atoms with E-state index < -0.39 is 6.04 Å². The average Bonchev–Trinajstić information content (AvgIpc) is 3.13. The van der Waals surface area contributed by atoms with Crippen LogP contribution in [0.4, 0.5) is 5.69 Å². The van der Waals surface area contributed by atoms with E-state index in [0.717, 1.165) is 17.7 Å². The van der Waals surface area contributed by atoms with Gasteiger partial charge in [-0.15, -0.1) is 0 Å². The van der Waals surface area contributed by atoms with E-state index >= 15 is 0 Å². The lowest BCUT2D eigenvalue weighted by Crippen LogP contribution is -2.31. The molecule has 1 heterocycles. The summed E-state index contributed by atoms with van der Waals surface area (Å²) in [5, 5.41) is 2.93. The zero-order valence-electron chi connectivity index (χ0n) is 16.8. The Labute approximate surface area is 170 Å². The molecule has 1 N–H and O–H groups in total. The number of carbonyl (C=O) groups excluding carboxylic acids is 3. The molecule has 0 unspecified atom stereocenters. The van der Waals surface area contributed by atoms with Gasteiger partial charge >= 0.3 is 5.97 Å². The van der Waals surface area contributed by atoms with Crippen LogP contribution >= 0.6 is 0 Å². The second-order valence-electron chi connectivity index (χ2n) is 7.38. The molecule has 29 heavy (non-hydrogen) atoms. The van der Waals surface area contributed by atoms with E-state index in [1.54, 1.807) is 43.0 Å². The Balaban J connectivity index is 1.72. The Hall–Kier alpha value is -3.15. The summed E-state index contributed by atoms with van der Waals surface area (Å²) < 4.78 is 5.24. The SMILES string of the molecule is CC(C)OC(=O)C[C@@H](NC(=O)c1ccc(N2CCCC2=O)cc1)c1ccccc1. The number of nitrogens with zero attached hydrogens (tertiary/aromatic N) is 1. The van der Waals surface area contributed by atoms with Crippen molar-refractivity contribution in [3.8, 4) is 0 Å². The first kappa shape index (κ1) is 20.6. The third-order valence-electron chi connectivity index (χ3n) is 4.76. The highest BCUT2D eigenvalue weighted by atomic mass is 16.5. The van der Waals surface area contributed by atoms with Crippen molar-refractivity contribution in [2.45, 2.75) is 45.3 Å². The lowest BCUT2D eigenvalue weighted by Gasteiger charge is -2.20. The molecule has 152 valence electrons. The Morgan fingerprint density at radius 3 is 2.34 bits per heavy atom. The molecule has 1 saturated heterocycles. The van der Waals surface area contributed by atoms with E-state index in [1.165, 1.54) is 0 Å². The number of carbonyl (C=O) groups is 3. The van der Waals surface area contributed by atoms with Crippen LogP contribution in [0.2, 0.25) is 0 Å². The van der Waals surface area contributed by atoms with Crippen molar-refractivity contribution in [1.82, 2.24) is 5.32 Å². The van der Waals surface area contributed by atoms with E-state index in [0.29, 0.717) is 18.5 Å². The van der Waals surface area contributed by atoms with Gasteiger partial charge < -0.3 is 15.0 Å². The lowest BCUT2D eigenvalue weighted by molar-refractivity contribution is -0.148. The first-order valence-corrected chi connectivity index (χ1v) is 9.90. The normalized spacial score (nSPS) is 14.7. The maximum atomic E-state index is 12.8. The molecule has 6 nitrogen and oxygen atoms in total. The molecule has 1 atom stereocenters. The smallest absolute Gasteiger partial charge is 0.308 e. The van der Waals surface area contributed by atoms with Crippen LogP contribution in [0.3, 0.4) is 0 Å². The summed E-state index contributed by atoms with van der Waals surface area (Å²) in [6.07, 6.45) is 1.25. The predicted molar refractivity (Wildman–Crippen MR) is 111 cm³/mol. The van der Waals surface area contributed by atoms with Crippen LogP contribution in [-0.4, -0.2) is 30.4 Å². The van der Waals surface area contributed by atoms with E-state index in [4.69, 9.17) is 4.74 Å². The molecule has 1 aliphatic rings. The summed E-state index contributed by atoms with van der Waals surface area (Å²) in [6, 6.07) is 15.8. The highest BCUT2D eigenvalue weighted by Gasteiger charge is 2.23. The number of esters is 1. The van der Waals surface area contributed by atoms with Crippen molar-refractivity contribution >= 4 is 23.5 Å². The maximum absolute atomic E-state index is 12.8. The zero-order valence-corrected chi connectivity index (χ0v) is 16.8. The average molecular weight is 394 g/mol. The molecule has 2 amide bonds. The highest BCUT2D eigenvalue weighted by molar-refractivity contribution is 5.97. The van der Waals surface area contributed by atoms with Gasteiger partial charge in [-0.05, 0) is 50.1 Å². The second-order valence-corrected chi connectivity index (χ2v) is 7.38. The molecule has 2 aromatic rings. The Morgan fingerprint density at radius 1 is 1.07 bits per heavy atom. The standard InChI is InChI=1S/C23H26N2O4/c1-16(2)29-22(27)15-20(17-7-4-3-5-8-17)24-23(28)18-10-12-19(13-11-18)25-14-6-9-21(25)26/h3-5,7-8,10-13,16,20H,6,9,14-15H2,1-2H3,(H,24,28)/t20-/m1/s1. The Bertz CT molecular complexity index is 862. The van der Waals surface area contributed by atoms with Gasteiger partial charge in [-0.2, -0.15) is 0 Å². The van der Waals surface area contributed by atoms with Crippen molar-refractivity contribution < 1.29 is 19.1 Å². The number of benzene rings is 2. The van der Waals surface area contributed by atoms with Crippen LogP contribution in [0.1, 0.15) is 55.1 Å². The van der Waals surface area contributed by atoms with Crippen molar-refractivity contribution in [2.24, 2.45) is 0 Å². The van der Waals surface area contributed by atoms with Crippen LogP contribution in [0.5, 0.6) is 0 Å².